The third kappa shape index (κ3) is 4.08. The highest BCUT2D eigenvalue weighted by Crippen LogP contribution is 2.16. The number of hydrogen-bond acceptors (Lipinski definition) is 5. The molecule has 25 heavy (non-hydrogen) atoms. The second kappa shape index (κ2) is 7.52. The lowest BCUT2D eigenvalue weighted by Crippen LogP contribution is -2.33. The predicted molar refractivity (Wildman–Crippen MR) is 92.1 cm³/mol. The largest absolute Gasteiger partial charge is 0.491 e. The Balaban J connectivity index is 1.63. The van der Waals surface area contributed by atoms with Gasteiger partial charge in [0.1, 0.15) is 0 Å². The van der Waals surface area contributed by atoms with Crippen molar-refractivity contribution in [3.05, 3.63) is 45.6 Å². The number of aromatic nitrogens is 3. The Morgan fingerprint density at radius 1 is 1.40 bits per heavy atom. The quantitative estimate of drug-likeness (QED) is 0.801. The molecule has 0 spiro atoms. The van der Waals surface area contributed by atoms with E-state index in [-0.39, 0.29) is 11.3 Å². The maximum atomic E-state index is 11.9. The minimum Gasteiger partial charge on any atom is -0.491 e. The molecule has 2 N–H and O–H groups in total. The fourth-order valence-corrected chi connectivity index (χ4v) is 2.91. The number of carbonyl (C=O) groups is 1. The molecule has 1 amide bonds. The number of nitrogens with one attached hydrogen (secondary N) is 2. The minimum atomic E-state index is -0.118. The molecule has 0 aliphatic carbocycles. The van der Waals surface area contributed by atoms with Gasteiger partial charge in [-0.25, -0.2) is 0 Å². The van der Waals surface area contributed by atoms with E-state index < -0.39 is 0 Å². The lowest BCUT2D eigenvalue weighted by Gasteiger charge is -2.27. The number of aromatic amines is 1. The number of nitrogens with zero attached hydrogens (tertiary/aromatic N) is 3. The highest BCUT2D eigenvalue weighted by Gasteiger charge is 2.19. The Kier molecular flexibility index (Phi) is 5.18. The number of carbonyl (C=O) groups excluding carboxylic acids is 1. The summed E-state index contributed by atoms with van der Waals surface area (Å²) < 4.78 is 6.97. The van der Waals surface area contributed by atoms with Crippen molar-refractivity contribution in [1.29, 1.82) is 0 Å². The Morgan fingerprint density at radius 2 is 2.24 bits per heavy atom. The molecule has 8 nitrogen and oxygen atoms in total. The van der Waals surface area contributed by atoms with Crippen LogP contribution in [-0.2, 0) is 31.0 Å². The zero-order valence-electron chi connectivity index (χ0n) is 14.5. The molecule has 0 bridgehead atoms. The minimum absolute atomic E-state index is 0.0241. The van der Waals surface area contributed by atoms with Crippen molar-refractivity contribution in [1.82, 2.24) is 25.0 Å². The van der Waals surface area contributed by atoms with Gasteiger partial charge in [-0.15, -0.1) is 0 Å². The van der Waals surface area contributed by atoms with Gasteiger partial charge in [0.05, 0.1) is 31.6 Å². The third-order valence-electron chi connectivity index (χ3n) is 4.27. The van der Waals surface area contributed by atoms with E-state index in [0.717, 1.165) is 36.7 Å². The lowest BCUT2D eigenvalue weighted by atomic mass is 10.2. The van der Waals surface area contributed by atoms with Gasteiger partial charge in [-0.2, -0.15) is 5.10 Å². The van der Waals surface area contributed by atoms with Crippen molar-refractivity contribution in [2.24, 2.45) is 0 Å². The fourth-order valence-electron chi connectivity index (χ4n) is 2.91. The number of fused-ring (bicyclic) bond motifs is 1. The first kappa shape index (κ1) is 17.2. The highest BCUT2D eigenvalue weighted by atomic mass is 16.5. The number of amides is 1. The molecule has 0 saturated carbocycles. The van der Waals surface area contributed by atoms with E-state index in [1.165, 1.54) is 7.11 Å². The monoisotopic (exact) mass is 345 g/mol. The summed E-state index contributed by atoms with van der Waals surface area (Å²) in [5.41, 5.74) is 2.72. The van der Waals surface area contributed by atoms with Gasteiger partial charge in [-0.1, -0.05) is 6.92 Å². The van der Waals surface area contributed by atoms with Crippen molar-refractivity contribution in [2.45, 2.75) is 39.5 Å². The second-order valence-electron chi connectivity index (χ2n) is 6.08. The van der Waals surface area contributed by atoms with E-state index in [1.807, 2.05) is 17.7 Å². The van der Waals surface area contributed by atoms with Crippen LogP contribution < -0.4 is 15.5 Å². The van der Waals surface area contributed by atoms with Crippen LogP contribution in [-0.4, -0.2) is 39.2 Å². The van der Waals surface area contributed by atoms with Crippen molar-refractivity contribution >= 4 is 5.91 Å². The Morgan fingerprint density at radius 3 is 2.96 bits per heavy atom. The number of ether oxygens (including phenoxy) is 1. The molecule has 1 aliphatic rings. The SMILES string of the molecule is CCC(=O)NCc1cc2n(n1)CCN(Cc1cc(=O)c(OC)c[nH]1)C2. The molecule has 3 rings (SSSR count). The average Bonchev–Trinajstić information content (AvgIpc) is 3.02. The van der Waals surface area contributed by atoms with Gasteiger partial charge < -0.3 is 15.0 Å². The molecule has 2 aromatic heterocycles. The fraction of sp³-hybridized carbons (Fsp3) is 0.471. The topological polar surface area (TPSA) is 92.2 Å². The van der Waals surface area contributed by atoms with Crippen molar-refractivity contribution in [3.63, 3.8) is 0 Å². The third-order valence-corrected chi connectivity index (χ3v) is 4.27. The van der Waals surface area contributed by atoms with E-state index in [0.29, 0.717) is 25.3 Å². The molecular formula is C17H23N5O3. The maximum absolute atomic E-state index is 11.9. The molecule has 0 fully saturated rings. The number of pyridine rings is 1. The van der Waals surface area contributed by atoms with Crippen LogP contribution in [0.2, 0.25) is 0 Å². The van der Waals surface area contributed by atoms with E-state index in [1.54, 1.807) is 12.3 Å². The first-order valence-corrected chi connectivity index (χ1v) is 8.39. The summed E-state index contributed by atoms with van der Waals surface area (Å²) in [7, 11) is 1.48. The summed E-state index contributed by atoms with van der Waals surface area (Å²) in [6, 6.07) is 3.61. The van der Waals surface area contributed by atoms with E-state index >= 15 is 0 Å². The maximum Gasteiger partial charge on any atom is 0.223 e. The van der Waals surface area contributed by atoms with Crippen molar-refractivity contribution in [2.75, 3.05) is 13.7 Å². The van der Waals surface area contributed by atoms with Crippen molar-refractivity contribution in [3.8, 4) is 5.75 Å². The Bertz CT molecular complexity index is 811. The lowest BCUT2D eigenvalue weighted by molar-refractivity contribution is -0.120. The summed E-state index contributed by atoms with van der Waals surface area (Å²) in [5.74, 6) is 0.343. The second-order valence-corrected chi connectivity index (χ2v) is 6.08. The first-order chi connectivity index (χ1) is 12.1. The standard InChI is InChI=1S/C17H23N5O3/c1-3-17(24)19-8-12-6-14-11-21(4-5-22(14)20-12)10-13-7-15(23)16(25-2)9-18-13/h6-7,9H,3-5,8,10-11H2,1-2H3,(H,18,23)(H,19,24). The average molecular weight is 345 g/mol. The summed E-state index contributed by atoms with van der Waals surface area (Å²) in [5, 5.41) is 7.38. The van der Waals surface area contributed by atoms with Crippen LogP contribution in [0.4, 0.5) is 0 Å². The number of rotatable bonds is 6. The van der Waals surface area contributed by atoms with Gasteiger partial charge in [0.25, 0.3) is 0 Å². The Labute approximate surface area is 145 Å². The van der Waals surface area contributed by atoms with Gasteiger partial charge in [0, 0.05) is 44.0 Å². The molecule has 0 atom stereocenters. The molecule has 0 aromatic carbocycles. The van der Waals surface area contributed by atoms with E-state index in [9.17, 15) is 9.59 Å². The van der Waals surface area contributed by atoms with Crippen LogP contribution in [0.5, 0.6) is 5.75 Å². The molecule has 0 radical (unpaired) electrons. The molecular weight excluding hydrogens is 322 g/mol. The smallest absolute Gasteiger partial charge is 0.223 e. The molecule has 3 heterocycles. The van der Waals surface area contributed by atoms with Crippen LogP contribution in [0.3, 0.4) is 0 Å². The summed E-state index contributed by atoms with van der Waals surface area (Å²) in [6.45, 7) is 5.34. The Hall–Kier alpha value is -2.61. The van der Waals surface area contributed by atoms with Gasteiger partial charge in [0.15, 0.2) is 5.75 Å². The van der Waals surface area contributed by atoms with Gasteiger partial charge >= 0.3 is 0 Å². The summed E-state index contributed by atoms with van der Waals surface area (Å²) >= 11 is 0. The van der Waals surface area contributed by atoms with E-state index in [2.05, 4.69) is 20.3 Å². The highest BCUT2D eigenvalue weighted by molar-refractivity contribution is 5.75. The van der Waals surface area contributed by atoms with Crippen LogP contribution in [0.25, 0.3) is 0 Å². The zero-order valence-corrected chi connectivity index (χ0v) is 14.5. The van der Waals surface area contributed by atoms with Gasteiger partial charge in [0.2, 0.25) is 11.3 Å². The predicted octanol–water partition coefficient (Wildman–Crippen LogP) is 0.622. The zero-order chi connectivity index (χ0) is 17.8. The summed E-state index contributed by atoms with van der Waals surface area (Å²) in [6.07, 6.45) is 2.07. The molecule has 1 aliphatic heterocycles. The number of methoxy groups -OCH3 is 1. The van der Waals surface area contributed by atoms with Crippen LogP contribution in [0.1, 0.15) is 30.4 Å². The number of hydrogen-bond donors (Lipinski definition) is 2. The molecule has 2 aromatic rings. The van der Waals surface area contributed by atoms with E-state index in [4.69, 9.17) is 4.74 Å². The number of H-pyrrole nitrogens is 1. The first-order valence-electron chi connectivity index (χ1n) is 8.39. The van der Waals surface area contributed by atoms with Crippen LogP contribution in [0, 0.1) is 0 Å². The van der Waals surface area contributed by atoms with Gasteiger partial charge in [-0.05, 0) is 6.07 Å². The molecule has 8 heteroatoms. The van der Waals surface area contributed by atoms with Crippen LogP contribution >= 0.6 is 0 Å². The van der Waals surface area contributed by atoms with Gasteiger partial charge in [-0.3, -0.25) is 19.2 Å². The van der Waals surface area contributed by atoms with Crippen molar-refractivity contribution < 1.29 is 9.53 Å². The molecule has 134 valence electrons. The summed E-state index contributed by atoms with van der Waals surface area (Å²) in [4.78, 5) is 28.6. The normalized spacial score (nSPS) is 14.2. The molecule has 0 saturated heterocycles. The molecule has 0 unspecified atom stereocenters. The van der Waals surface area contributed by atoms with Crippen LogP contribution in [0.15, 0.2) is 23.1 Å².